The van der Waals surface area contributed by atoms with E-state index in [0.717, 1.165) is 12.8 Å². The second kappa shape index (κ2) is 9.16. The quantitative estimate of drug-likeness (QED) is 0.424. The molecule has 0 atom stereocenters. The summed E-state index contributed by atoms with van der Waals surface area (Å²) in [7, 11) is 0. The summed E-state index contributed by atoms with van der Waals surface area (Å²) >= 11 is 0. The zero-order valence-electron chi connectivity index (χ0n) is 12.3. The lowest BCUT2D eigenvalue weighted by Crippen LogP contribution is -2.26. The fourth-order valence-electron chi connectivity index (χ4n) is 2.12. The molecule has 1 fully saturated rings. The Hall–Kier alpha value is -1.23. The third-order valence-electron chi connectivity index (χ3n) is 3.24. The molecule has 2 rings (SSSR count). The molecule has 0 aromatic heterocycles. The second-order valence-corrected chi connectivity index (χ2v) is 4.95. The lowest BCUT2D eigenvalue weighted by atomic mass is 10.0. The Morgan fingerprint density at radius 2 is 1.96 bits per heavy atom. The minimum absolute atomic E-state index is 0. The van der Waals surface area contributed by atoms with E-state index in [9.17, 15) is 13.2 Å². The molecule has 1 heterocycles. The fraction of sp³-hybridized carbons (Fsp3) is 0.500. The van der Waals surface area contributed by atoms with Crippen LogP contribution in [-0.2, 0) is 4.74 Å². The number of alkyl halides is 3. The standard InChI is InChI=1S/C14H18F3N3O2.HI/c15-14(16,17)22-12-4-2-1-3-11(12)20-13(18)19-9-10-5-7-21-8-6-10;/h1-4,10H,5-9H2,(H3,18,19,20);1H. The molecule has 1 aromatic carbocycles. The van der Waals surface area contributed by atoms with Crippen molar-refractivity contribution in [3.63, 3.8) is 0 Å². The van der Waals surface area contributed by atoms with E-state index in [0.29, 0.717) is 25.7 Å². The van der Waals surface area contributed by atoms with Crippen LogP contribution < -0.4 is 15.8 Å². The first kappa shape index (κ1) is 19.8. The number of guanidine groups is 1. The molecule has 1 aromatic rings. The number of aliphatic imine (C=N–C) groups is 1. The molecule has 9 heteroatoms. The van der Waals surface area contributed by atoms with E-state index in [1.54, 1.807) is 6.07 Å². The Kier molecular flexibility index (Phi) is 7.89. The van der Waals surface area contributed by atoms with Crippen LogP contribution in [0, 0.1) is 5.92 Å². The van der Waals surface area contributed by atoms with E-state index in [1.165, 1.54) is 18.2 Å². The van der Waals surface area contributed by atoms with Crippen LogP contribution in [0.15, 0.2) is 29.3 Å². The predicted molar refractivity (Wildman–Crippen MR) is 92.2 cm³/mol. The van der Waals surface area contributed by atoms with Gasteiger partial charge >= 0.3 is 6.36 Å². The maximum atomic E-state index is 12.3. The predicted octanol–water partition coefficient (Wildman–Crippen LogP) is 3.36. The van der Waals surface area contributed by atoms with Gasteiger partial charge in [-0.1, -0.05) is 12.1 Å². The molecule has 0 spiro atoms. The summed E-state index contributed by atoms with van der Waals surface area (Å²) in [6.45, 7) is 1.93. The van der Waals surface area contributed by atoms with Crippen molar-refractivity contribution in [2.24, 2.45) is 16.6 Å². The van der Waals surface area contributed by atoms with Gasteiger partial charge in [-0.05, 0) is 30.9 Å². The number of nitrogens with zero attached hydrogens (tertiary/aromatic N) is 1. The molecule has 0 bridgehead atoms. The second-order valence-electron chi connectivity index (χ2n) is 4.95. The number of rotatable bonds is 4. The number of nitrogens with one attached hydrogen (secondary N) is 1. The highest BCUT2D eigenvalue weighted by molar-refractivity contribution is 14.0. The zero-order valence-corrected chi connectivity index (χ0v) is 14.6. The van der Waals surface area contributed by atoms with Gasteiger partial charge in [-0.15, -0.1) is 37.1 Å². The van der Waals surface area contributed by atoms with Crippen LogP contribution in [-0.4, -0.2) is 32.1 Å². The summed E-state index contributed by atoms with van der Waals surface area (Å²) in [5, 5.41) is 2.64. The highest BCUT2D eigenvalue weighted by Crippen LogP contribution is 2.29. The first-order valence-electron chi connectivity index (χ1n) is 6.93. The van der Waals surface area contributed by atoms with E-state index in [4.69, 9.17) is 10.5 Å². The van der Waals surface area contributed by atoms with Crippen LogP contribution in [0.3, 0.4) is 0 Å². The number of halogens is 4. The van der Waals surface area contributed by atoms with Crippen LogP contribution in [0.25, 0.3) is 0 Å². The lowest BCUT2D eigenvalue weighted by Gasteiger charge is -2.20. The zero-order chi connectivity index (χ0) is 16.0. The third-order valence-corrected chi connectivity index (χ3v) is 3.24. The number of nitrogens with two attached hydrogens (primary N) is 1. The topological polar surface area (TPSA) is 68.9 Å². The largest absolute Gasteiger partial charge is 0.573 e. The molecular weight excluding hydrogens is 426 g/mol. The van der Waals surface area contributed by atoms with E-state index in [1.807, 2.05) is 0 Å². The summed E-state index contributed by atoms with van der Waals surface area (Å²) in [4.78, 5) is 4.17. The van der Waals surface area contributed by atoms with Crippen molar-refractivity contribution in [1.29, 1.82) is 0 Å². The van der Waals surface area contributed by atoms with Crippen molar-refractivity contribution in [3.05, 3.63) is 24.3 Å². The number of anilines is 1. The number of benzene rings is 1. The molecule has 130 valence electrons. The summed E-state index contributed by atoms with van der Waals surface area (Å²) in [5.74, 6) is 0.0969. The SMILES string of the molecule is I.NC(=NCC1CCOCC1)Nc1ccccc1OC(F)(F)F. The molecular formula is C14H19F3IN3O2. The van der Waals surface area contributed by atoms with E-state index in [-0.39, 0.29) is 41.4 Å². The molecule has 0 radical (unpaired) electrons. The molecule has 1 saturated heterocycles. The monoisotopic (exact) mass is 445 g/mol. The Labute approximate surface area is 149 Å². The number of hydrogen-bond donors (Lipinski definition) is 2. The average Bonchev–Trinajstić information content (AvgIpc) is 2.47. The molecule has 23 heavy (non-hydrogen) atoms. The van der Waals surface area contributed by atoms with E-state index in [2.05, 4.69) is 15.0 Å². The number of para-hydroxylation sites is 2. The van der Waals surface area contributed by atoms with Gasteiger partial charge in [0.1, 0.15) is 0 Å². The number of hydrogen-bond acceptors (Lipinski definition) is 3. The van der Waals surface area contributed by atoms with Gasteiger partial charge in [-0.3, -0.25) is 4.99 Å². The van der Waals surface area contributed by atoms with Crippen LogP contribution in [0.2, 0.25) is 0 Å². The molecule has 0 unspecified atom stereocenters. The van der Waals surface area contributed by atoms with Gasteiger partial charge in [-0.25, -0.2) is 0 Å². The highest BCUT2D eigenvalue weighted by atomic mass is 127. The third kappa shape index (κ3) is 7.25. The van der Waals surface area contributed by atoms with Crippen molar-refractivity contribution >= 4 is 35.6 Å². The number of ether oxygens (including phenoxy) is 2. The summed E-state index contributed by atoms with van der Waals surface area (Å²) < 4.78 is 46.2. The van der Waals surface area contributed by atoms with Crippen molar-refractivity contribution in [2.75, 3.05) is 25.1 Å². The fourth-order valence-corrected chi connectivity index (χ4v) is 2.12. The van der Waals surface area contributed by atoms with Gasteiger partial charge in [-0.2, -0.15) is 0 Å². The van der Waals surface area contributed by atoms with Gasteiger partial charge < -0.3 is 20.5 Å². The van der Waals surface area contributed by atoms with Crippen molar-refractivity contribution in [1.82, 2.24) is 0 Å². The normalized spacial score (nSPS) is 16.6. The Bertz CT molecular complexity index is 520. The molecule has 1 aliphatic heterocycles. The molecule has 1 aliphatic rings. The van der Waals surface area contributed by atoms with Crippen molar-refractivity contribution < 1.29 is 22.6 Å². The first-order chi connectivity index (χ1) is 10.4. The summed E-state index contributed by atoms with van der Waals surface area (Å²) in [6.07, 6.45) is -2.94. The van der Waals surface area contributed by atoms with E-state index >= 15 is 0 Å². The van der Waals surface area contributed by atoms with Crippen LogP contribution in [0.5, 0.6) is 5.75 Å². The van der Waals surface area contributed by atoms with Gasteiger partial charge in [0.15, 0.2) is 11.7 Å². The Balaban J connectivity index is 0.00000264. The maximum Gasteiger partial charge on any atom is 0.573 e. The maximum absolute atomic E-state index is 12.3. The smallest absolute Gasteiger partial charge is 0.404 e. The van der Waals surface area contributed by atoms with Crippen LogP contribution in [0.4, 0.5) is 18.9 Å². The van der Waals surface area contributed by atoms with Gasteiger partial charge in [0.05, 0.1) is 5.69 Å². The average molecular weight is 445 g/mol. The van der Waals surface area contributed by atoms with Crippen molar-refractivity contribution in [3.8, 4) is 5.75 Å². The van der Waals surface area contributed by atoms with Gasteiger partial charge in [0.25, 0.3) is 0 Å². The minimum Gasteiger partial charge on any atom is -0.404 e. The molecule has 0 amide bonds. The molecule has 0 saturated carbocycles. The Morgan fingerprint density at radius 3 is 2.61 bits per heavy atom. The molecule has 3 N–H and O–H groups in total. The van der Waals surface area contributed by atoms with E-state index < -0.39 is 6.36 Å². The minimum atomic E-state index is -4.76. The van der Waals surface area contributed by atoms with Crippen LogP contribution in [0.1, 0.15) is 12.8 Å². The summed E-state index contributed by atoms with van der Waals surface area (Å²) in [6, 6.07) is 5.68. The van der Waals surface area contributed by atoms with Crippen LogP contribution >= 0.6 is 24.0 Å². The Morgan fingerprint density at radius 1 is 1.30 bits per heavy atom. The lowest BCUT2D eigenvalue weighted by molar-refractivity contribution is -0.274. The highest BCUT2D eigenvalue weighted by Gasteiger charge is 2.32. The first-order valence-corrected chi connectivity index (χ1v) is 6.93. The van der Waals surface area contributed by atoms with Crippen molar-refractivity contribution in [2.45, 2.75) is 19.2 Å². The van der Waals surface area contributed by atoms with Gasteiger partial charge in [0, 0.05) is 19.8 Å². The molecule has 5 nitrogen and oxygen atoms in total. The van der Waals surface area contributed by atoms with Gasteiger partial charge in [0.2, 0.25) is 0 Å². The molecule has 0 aliphatic carbocycles. The summed E-state index contributed by atoms with van der Waals surface area (Å²) in [5.41, 5.74) is 5.84.